The standard InChI is InChI=1S/C9H13F3N4O/c1-17-8-7(14-4-5-15-8)6(16-13)2-3-9(10,11)12/h4-6,16H,2-3,13H2,1H3. The van der Waals surface area contributed by atoms with Gasteiger partial charge in [-0.05, 0) is 6.42 Å². The largest absolute Gasteiger partial charge is 0.480 e. The molecule has 1 aromatic heterocycles. The molecule has 1 atom stereocenters. The van der Waals surface area contributed by atoms with Crippen LogP contribution in [0.25, 0.3) is 0 Å². The van der Waals surface area contributed by atoms with Crippen LogP contribution in [0.1, 0.15) is 24.6 Å². The normalized spacial score (nSPS) is 13.5. The molecule has 0 aliphatic carbocycles. The minimum atomic E-state index is -4.23. The monoisotopic (exact) mass is 250 g/mol. The Hall–Kier alpha value is -1.41. The summed E-state index contributed by atoms with van der Waals surface area (Å²) in [6, 6.07) is -0.750. The Bertz CT molecular complexity index is 358. The smallest absolute Gasteiger partial charge is 0.389 e. The summed E-state index contributed by atoms with van der Waals surface area (Å²) in [5.41, 5.74) is 2.55. The van der Waals surface area contributed by atoms with Crippen LogP contribution in [0.4, 0.5) is 13.2 Å². The highest BCUT2D eigenvalue weighted by Gasteiger charge is 2.29. The van der Waals surface area contributed by atoms with E-state index in [9.17, 15) is 13.2 Å². The minimum absolute atomic E-state index is 0.164. The Morgan fingerprint density at radius 2 is 2.06 bits per heavy atom. The molecule has 0 saturated heterocycles. The van der Waals surface area contributed by atoms with E-state index >= 15 is 0 Å². The van der Waals surface area contributed by atoms with E-state index in [0.29, 0.717) is 0 Å². The molecule has 0 saturated carbocycles. The highest BCUT2D eigenvalue weighted by atomic mass is 19.4. The third-order valence-corrected chi connectivity index (χ3v) is 2.13. The summed E-state index contributed by atoms with van der Waals surface area (Å²) in [5.74, 6) is 5.38. The van der Waals surface area contributed by atoms with Gasteiger partial charge in [0.25, 0.3) is 0 Å². The fourth-order valence-electron chi connectivity index (χ4n) is 1.34. The van der Waals surface area contributed by atoms with E-state index in [1.54, 1.807) is 0 Å². The van der Waals surface area contributed by atoms with Crippen LogP contribution in [0, 0.1) is 0 Å². The quantitative estimate of drug-likeness (QED) is 0.609. The van der Waals surface area contributed by atoms with Gasteiger partial charge in [0.1, 0.15) is 5.69 Å². The van der Waals surface area contributed by atoms with Gasteiger partial charge in [-0.3, -0.25) is 16.3 Å². The predicted molar refractivity (Wildman–Crippen MR) is 53.9 cm³/mol. The molecule has 0 aliphatic rings. The first-order valence-corrected chi connectivity index (χ1v) is 4.85. The lowest BCUT2D eigenvalue weighted by Gasteiger charge is -2.17. The number of methoxy groups -OCH3 is 1. The van der Waals surface area contributed by atoms with Crippen molar-refractivity contribution in [1.82, 2.24) is 15.4 Å². The fraction of sp³-hybridized carbons (Fsp3) is 0.556. The Morgan fingerprint density at radius 1 is 1.41 bits per heavy atom. The predicted octanol–water partition coefficient (Wildman–Crippen LogP) is 1.33. The maximum absolute atomic E-state index is 12.1. The number of nitrogens with two attached hydrogens (primary N) is 1. The molecule has 8 heteroatoms. The first kappa shape index (κ1) is 13.7. The van der Waals surface area contributed by atoms with Crippen LogP contribution in [0.3, 0.4) is 0 Å². The molecule has 17 heavy (non-hydrogen) atoms. The number of rotatable bonds is 5. The van der Waals surface area contributed by atoms with Crippen molar-refractivity contribution in [1.29, 1.82) is 0 Å². The zero-order chi connectivity index (χ0) is 12.9. The van der Waals surface area contributed by atoms with Gasteiger partial charge in [0.05, 0.1) is 13.2 Å². The maximum Gasteiger partial charge on any atom is 0.389 e. The zero-order valence-corrected chi connectivity index (χ0v) is 9.16. The van der Waals surface area contributed by atoms with E-state index in [-0.39, 0.29) is 18.0 Å². The number of nitrogens with one attached hydrogen (secondary N) is 1. The maximum atomic E-state index is 12.1. The zero-order valence-electron chi connectivity index (χ0n) is 9.16. The number of hydrogen-bond donors (Lipinski definition) is 2. The average molecular weight is 250 g/mol. The van der Waals surface area contributed by atoms with Crippen molar-refractivity contribution in [3.63, 3.8) is 0 Å². The molecule has 1 unspecified atom stereocenters. The molecule has 3 N–H and O–H groups in total. The second-order valence-corrected chi connectivity index (χ2v) is 3.32. The number of aromatic nitrogens is 2. The molecular formula is C9H13F3N4O. The highest BCUT2D eigenvalue weighted by Crippen LogP contribution is 2.29. The molecule has 0 spiro atoms. The second kappa shape index (κ2) is 5.78. The molecule has 0 radical (unpaired) electrons. The van der Waals surface area contributed by atoms with Crippen molar-refractivity contribution in [3.05, 3.63) is 18.1 Å². The van der Waals surface area contributed by atoms with Gasteiger partial charge in [-0.25, -0.2) is 4.98 Å². The van der Waals surface area contributed by atoms with E-state index in [0.717, 1.165) is 0 Å². The van der Waals surface area contributed by atoms with Gasteiger partial charge in [0.2, 0.25) is 5.88 Å². The third-order valence-electron chi connectivity index (χ3n) is 2.13. The minimum Gasteiger partial charge on any atom is -0.480 e. The van der Waals surface area contributed by atoms with Crippen molar-refractivity contribution in [2.75, 3.05) is 7.11 Å². The molecule has 0 aliphatic heterocycles. The van der Waals surface area contributed by atoms with E-state index in [4.69, 9.17) is 10.6 Å². The van der Waals surface area contributed by atoms with Gasteiger partial charge < -0.3 is 4.74 Å². The van der Waals surface area contributed by atoms with Crippen LogP contribution in [-0.2, 0) is 0 Å². The van der Waals surface area contributed by atoms with Crippen LogP contribution >= 0.6 is 0 Å². The average Bonchev–Trinajstić information content (AvgIpc) is 2.29. The number of alkyl halides is 3. The number of nitrogens with zero attached hydrogens (tertiary/aromatic N) is 2. The summed E-state index contributed by atoms with van der Waals surface area (Å²) in [6.07, 6.45) is -2.66. The molecule has 0 aromatic carbocycles. The molecular weight excluding hydrogens is 237 g/mol. The summed E-state index contributed by atoms with van der Waals surface area (Å²) >= 11 is 0. The summed E-state index contributed by atoms with van der Waals surface area (Å²) < 4.78 is 41.3. The van der Waals surface area contributed by atoms with Gasteiger partial charge in [-0.15, -0.1) is 0 Å². The molecule has 0 fully saturated rings. The topological polar surface area (TPSA) is 73.1 Å². The van der Waals surface area contributed by atoms with Gasteiger partial charge >= 0.3 is 6.18 Å². The first-order chi connectivity index (χ1) is 7.98. The molecule has 1 rings (SSSR count). The lowest BCUT2D eigenvalue weighted by atomic mass is 10.1. The lowest BCUT2D eigenvalue weighted by Crippen LogP contribution is -2.30. The molecule has 0 bridgehead atoms. The van der Waals surface area contributed by atoms with Crippen molar-refractivity contribution in [2.24, 2.45) is 5.84 Å². The van der Waals surface area contributed by atoms with Gasteiger partial charge in [0.15, 0.2) is 0 Å². The van der Waals surface area contributed by atoms with Crippen LogP contribution < -0.4 is 16.0 Å². The van der Waals surface area contributed by atoms with Gasteiger partial charge in [-0.1, -0.05) is 0 Å². The Labute approximate surface area is 96.2 Å². The van der Waals surface area contributed by atoms with Gasteiger partial charge in [0, 0.05) is 18.8 Å². The number of hydrazine groups is 1. The highest BCUT2D eigenvalue weighted by molar-refractivity contribution is 5.20. The second-order valence-electron chi connectivity index (χ2n) is 3.32. The van der Waals surface area contributed by atoms with Crippen molar-refractivity contribution in [2.45, 2.75) is 25.1 Å². The molecule has 1 heterocycles. The summed E-state index contributed by atoms with van der Waals surface area (Å²) in [6.45, 7) is 0. The van der Waals surface area contributed by atoms with E-state index in [1.165, 1.54) is 19.5 Å². The van der Waals surface area contributed by atoms with Crippen LogP contribution in [-0.4, -0.2) is 23.3 Å². The molecule has 0 amide bonds. The molecule has 5 nitrogen and oxygen atoms in total. The summed E-state index contributed by atoms with van der Waals surface area (Å²) in [7, 11) is 1.37. The fourth-order valence-corrected chi connectivity index (χ4v) is 1.34. The summed E-state index contributed by atoms with van der Waals surface area (Å²) in [4.78, 5) is 7.77. The lowest BCUT2D eigenvalue weighted by molar-refractivity contribution is -0.136. The van der Waals surface area contributed by atoms with Crippen LogP contribution in [0.5, 0.6) is 5.88 Å². The number of hydrogen-bond acceptors (Lipinski definition) is 5. The van der Waals surface area contributed by atoms with Crippen molar-refractivity contribution >= 4 is 0 Å². The molecule has 96 valence electrons. The Morgan fingerprint density at radius 3 is 2.59 bits per heavy atom. The van der Waals surface area contributed by atoms with Crippen molar-refractivity contribution in [3.8, 4) is 5.88 Å². The van der Waals surface area contributed by atoms with Crippen LogP contribution in [0.2, 0.25) is 0 Å². The number of halogens is 3. The Kier molecular flexibility index (Phi) is 4.64. The van der Waals surface area contributed by atoms with Crippen molar-refractivity contribution < 1.29 is 17.9 Å². The first-order valence-electron chi connectivity index (χ1n) is 4.85. The van der Waals surface area contributed by atoms with E-state index < -0.39 is 18.6 Å². The van der Waals surface area contributed by atoms with Gasteiger partial charge in [-0.2, -0.15) is 13.2 Å². The Balaban J connectivity index is 2.79. The summed E-state index contributed by atoms with van der Waals surface area (Å²) in [5, 5.41) is 0. The third kappa shape index (κ3) is 4.16. The van der Waals surface area contributed by atoms with E-state index in [1.807, 2.05) is 0 Å². The molecule has 1 aromatic rings. The SMILES string of the molecule is COc1nccnc1C(CCC(F)(F)F)NN. The van der Waals surface area contributed by atoms with Crippen LogP contribution in [0.15, 0.2) is 12.4 Å². The number of ether oxygens (including phenoxy) is 1. The van der Waals surface area contributed by atoms with E-state index in [2.05, 4.69) is 15.4 Å².